The standard InChI is InChI=1S/C29H32/c1-18(2)23-16-26(19(3)4)29(27(17-23)20(5)6)28-24-13-9-7-11-21(24)15-22-12-8-10-14-25(22)28/h7-20H,1-6H3. The Morgan fingerprint density at radius 2 is 0.931 bits per heavy atom. The highest BCUT2D eigenvalue weighted by Gasteiger charge is 2.21. The third-order valence-electron chi connectivity index (χ3n) is 6.15. The Hall–Kier alpha value is -2.60. The molecule has 0 N–H and O–H groups in total. The molecule has 0 aliphatic rings. The summed E-state index contributed by atoms with van der Waals surface area (Å²) in [6.45, 7) is 13.9. The Labute approximate surface area is 175 Å². The van der Waals surface area contributed by atoms with Crippen LogP contribution < -0.4 is 0 Å². The van der Waals surface area contributed by atoms with Crippen LogP contribution in [-0.2, 0) is 0 Å². The van der Waals surface area contributed by atoms with E-state index in [1.54, 1.807) is 0 Å². The average Bonchev–Trinajstić information content (AvgIpc) is 2.70. The Balaban J connectivity index is 2.23. The summed E-state index contributed by atoms with van der Waals surface area (Å²) in [4.78, 5) is 0. The van der Waals surface area contributed by atoms with Gasteiger partial charge in [0.2, 0.25) is 0 Å². The van der Waals surface area contributed by atoms with Gasteiger partial charge >= 0.3 is 0 Å². The summed E-state index contributed by atoms with van der Waals surface area (Å²) in [6, 6.07) is 25.0. The predicted octanol–water partition coefficient (Wildman–Crippen LogP) is 9.03. The second-order valence-electron chi connectivity index (χ2n) is 9.23. The summed E-state index contributed by atoms with van der Waals surface area (Å²) < 4.78 is 0. The van der Waals surface area contributed by atoms with Crippen molar-refractivity contribution in [2.24, 2.45) is 0 Å². The molecule has 29 heavy (non-hydrogen) atoms. The van der Waals surface area contributed by atoms with Gasteiger partial charge in [-0.3, -0.25) is 0 Å². The molecule has 0 aliphatic heterocycles. The SMILES string of the molecule is CC(C)c1cc(C(C)C)c(-c2c3ccccc3cc3ccccc23)c(C(C)C)c1. The molecule has 148 valence electrons. The molecule has 0 fully saturated rings. The quantitative estimate of drug-likeness (QED) is 0.310. The molecule has 0 nitrogen and oxygen atoms in total. The number of fused-ring (bicyclic) bond motifs is 2. The predicted molar refractivity (Wildman–Crippen MR) is 129 cm³/mol. The molecule has 0 amide bonds. The van der Waals surface area contributed by atoms with Crippen LogP contribution in [0.3, 0.4) is 0 Å². The Morgan fingerprint density at radius 1 is 0.483 bits per heavy atom. The highest BCUT2D eigenvalue weighted by molar-refractivity contribution is 6.13. The lowest BCUT2D eigenvalue weighted by Gasteiger charge is -2.25. The molecule has 0 radical (unpaired) electrons. The molecule has 0 heterocycles. The highest BCUT2D eigenvalue weighted by Crippen LogP contribution is 2.44. The van der Waals surface area contributed by atoms with Gasteiger partial charge in [0.15, 0.2) is 0 Å². The lowest BCUT2D eigenvalue weighted by molar-refractivity contribution is 0.808. The monoisotopic (exact) mass is 380 g/mol. The van der Waals surface area contributed by atoms with Gasteiger partial charge in [0.25, 0.3) is 0 Å². The second-order valence-corrected chi connectivity index (χ2v) is 9.23. The summed E-state index contributed by atoms with van der Waals surface area (Å²) in [5, 5.41) is 5.34. The van der Waals surface area contributed by atoms with Crippen LogP contribution >= 0.6 is 0 Å². The van der Waals surface area contributed by atoms with Gasteiger partial charge in [0.1, 0.15) is 0 Å². The normalized spacial score (nSPS) is 12.0. The molecular formula is C29H32. The maximum Gasteiger partial charge on any atom is -0.00211 e. The summed E-state index contributed by atoms with van der Waals surface area (Å²) >= 11 is 0. The molecule has 0 heteroatoms. The molecule has 4 aromatic rings. The van der Waals surface area contributed by atoms with Crippen LogP contribution in [0, 0.1) is 0 Å². The van der Waals surface area contributed by atoms with Gasteiger partial charge in [-0.2, -0.15) is 0 Å². The molecule has 0 aliphatic carbocycles. The minimum Gasteiger partial charge on any atom is -0.0616 e. The van der Waals surface area contributed by atoms with Crippen LogP contribution in [0.4, 0.5) is 0 Å². The summed E-state index contributed by atoms with van der Waals surface area (Å²) in [7, 11) is 0. The van der Waals surface area contributed by atoms with Crippen LogP contribution in [-0.4, -0.2) is 0 Å². The first kappa shape index (κ1) is 19.7. The minimum atomic E-state index is 0.471. The fraction of sp³-hybridized carbons (Fsp3) is 0.310. The summed E-state index contributed by atoms with van der Waals surface area (Å²) in [5.74, 6) is 1.47. The fourth-order valence-corrected chi connectivity index (χ4v) is 4.53. The maximum absolute atomic E-state index is 2.47. The zero-order valence-corrected chi connectivity index (χ0v) is 18.6. The van der Waals surface area contributed by atoms with E-state index >= 15 is 0 Å². The first-order valence-electron chi connectivity index (χ1n) is 11.0. The molecular weight excluding hydrogens is 348 g/mol. The zero-order chi connectivity index (χ0) is 20.7. The van der Waals surface area contributed by atoms with Crippen LogP contribution in [0.2, 0.25) is 0 Å². The molecule has 0 atom stereocenters. The van der Waals surface area contributed by atoms with Crippen LogP contribution in [0.15, 0.2) is 66.7 Å². The zero-order valence-electron chi connectivity index (χ0n) is 18.6. The van der Waals surface area contributed by atoms with Crippen molar-refractivity contribution < 1.29 is 0 Å². The largest absolute Gasteiger partial charge is 0.0616 e. The van der Waals surface area contributed by atoms with E-state index in [9.17, 15) is 0 Å². The van der Waals surface area contributed by atoms with E-state index in [2.05, 4.69) is 108 Å². The highest BCUT2D eigenvalue weighted by atomic mass is 14.3. The summed E-state index contributed by atoms with van der Waals surface area (Å²) in [5.41, 5.74) is 7.25. The molecule has 0 unspecified atom stereocenters. The van der Waals surface area contributed by atoms with Gasteiger partial charge in [-0.15, -0.1) is 0 Å². The number of hydrogen-bond acceptors (Lipinski definition) is 0. The van der Waals surface area contributed by atoms with Gasteiger partial charge < -0.3 is 0 Å². The first-order chi connectivity index (χ1) is 13.9. The minimum absolute atomic E-state index is 0.471. The van der Waals surface area contributed by atoms with Crippen molar-refractivity contribution in [1.29, 1.82) is 0 Å². The van der Waals surface area contributed by atoms with Gasteiger partial charge in [-0.1, -0.05) is 102 Å². The molecule has 0 saturated carbocycles. The molecule has 0 aromatic heterocycles. The molecule has 0 saturated heterocycles. The van der Waals surface area contributed by atoms with Crippen molar-refractivity contribution in [1.82, 2.24) is 0 Å². The van der Waals surface area contributed by atoms with Crippen molar-refractivity contribution in [3.63, 3.8) is 0 Å². The maximum atomic E-state index is 2.47. The smallest absolute Gasteiger partial charge is 0.00211 e. The lowest BCUT2D eigenvalue weighted by Crippen LogP contribution is -2.04. The van der Waals surface area contributed by atoms with E-state index in [0.717, 1.165) is 0 Å². The number of hydrogen-bond donors (Lipinski definition) is 0. The third kappa shape index (κ3) is 3.46. The fourth-order valence-electron chi connectivity index (χ4n) is 4.53. The lowest BCUT2D eigenvalue weighted by atomic mass is 9.79. The second kappa shape index (κ2) is 7.67. The van der Waals surface area contributed by atoms with Crippen LogP contribution in [0.25, 0.3) is 32.7 Å². The van der Waals surface area contributed by atoms with Crippen molar-refractivity contribution >= 4 is 21.5 Å². The van der Waals surface area contributed by atoms with E-state index in [1.807, 2.05) is 0 Å². The third-order valence-corrected chi connectivity index (χ3v) is 6.15. The van der Waals surface area contributed by atoms with Crippen LogP contribution in [0.5, 0.6) is 0 Å². The van der Waals surface area contributed by atoms with Gasteiger partial charge in [0, 0.05) is 0 Å². The van der Waals surface area contributed by atoms with E-state index in [1.165, 1.54) is 49.4 Å². The van der Waals surface area contributed by atoms with Gasteiger partial charge in [-0.05, 0) is 73.2 Å². The van der Waals surface area contributed by atoms with Gasteiger partial charge in [-0.25, -0.2) is 0 Å². The average molecular weight is 381 g/mol. The van der Waals surface area contributed by atoms with E-state index in [-0.39, 0.29) is 0 Å². The van der Waals surface area contributed by atoms with E-state index in [0.29, 0.717) is 17.8 Å². The number of rotatable bonds is 4. The van der Waals surface area contributed by atoms with E-state index < -0.39 is 0 Å². The topological polar surface area (TPSA) is 0 Å². The Bertz CT molecular complexity index is 1090. The number of benzene rings is 4. The van der Waals surface area contributed by atoms with Crippen molar-refractivity contribution in [2.75, 3.05) is 0 Å². The summed E-state index contributed by atoms with van der Waals surface area (Å²) in [6.07, 6.45) is 0. The van der Waals surface area contributed by atoms with Crippen molar-refractivity contribution in [2.45, 2.75) is 59.3 Å². The van der Waals surface area contributed by atoms with E-state index in [4.69, 9.17) is 0 Å². The Morgan fingerprint density at radius 3 is 1.34 bits per heavy atom. The molecule has 0 spiro atoms. The van der Waals surface area contributed by atoms with Crippen LogP contribution in [0.1, 0.15) is 76.0 Å². The van der Waals surface area contributed by atoms with Gasteiger partial charge in [0.05, 0.1) is 0 Å². The first-order valence-corrected chi connectivity index (χ1v) is 11.0. The Kier molecular flexibility index (Phi) is 5.21. The molecule has 4 aromatic carbocycles. The molecule has 0 bridgehead atoms. The van der Waals surface area contributed by atoms with Crippen molar-refractivity contribution in [3.8, 4) is 11.1 Å². The molecule has 4 rings (SSSR count). The van der Waals surface area contributed by atoms with Crippen molar-refractivity contribution in [3.05, 3.63) is 83.4 Å².